The topological polar surface area (TPSA) is 34.1 Å². The molecule has 0 N–H and O–H groups in total. The van der Waals surface area contributed by atoms with Crippen LogP contribution in [0.5, 0.6) is 0 Å². The Hall–Kier alpha value is -1.61. The fourth-order valence-electron chi connectivity index (χ4n) is 2.00. The van der Waals surface area contributed by atoms with Crippen molar-refractivity contribution in [3.8, 4) is 0 Å². The monoisotopic (exact) mass is 274 g/mol. The minimum atomic E-state index is -3.40. The van der Waals surface area contributed by atoms with Crippen LogP contribution in [-0.4, -0.2) is 8.42 Å². The number of benzene rings is 2. The van der Waals surface area contributed by atoms with Crippen LogP contribution >= 0.6 is 0 Å². The number of hydrogen-bond acceptors (Lipinski definition) is 2. The van der Waals surface area contributed by atoms with E-state index in [0.29, 0.717) is 9.79 Å². The van der Waals surface area contributed by atoms with Gasteiger partial charge in [0.2, 0.25) is 9.84 Å². The Bertz CT molecular complexity index is 619. The van der Waals surface area contributed by atoms with Gasteiger partial charge in [0.25, 0.3) is 0 Å². The van der Waals surface area contributed by atoms with E-state index in [1.807, 2.05) is 26.0 Å². The summed E-state index contributed by atoms with van der Waals surface area (Å²) in [6, 6.07) is 14.3. The lowest BCUT2D eigenvalue weighted by Crippen LogP contribution is -2.03. The van der Waals surface area contributed by atoms with Crippen LogP contribution in [0.25, 0.3) is 0 Å². The van der Waals surface area contributed by atoms with Gasteiger partial charge in [0.05, 0.1) is 9.79 Å². The zero-order valence-electron chi connectivity index (χ0n) is 11.3. The second-order valence-corrected chi connectivity index (χ2v) is 6.46. The van der Waals surface area contributed by atoms with Crippen LogP contribution in [0.2, 0.25) is 0 Å². The Morgan fingerprint density at radius 3 is 1.58 bits per heavy atom. The molecule has 0 bridgehead atoms. The van der Waals surface area contributed by atoms with E-state index < -0.39 is 9.84 Å². The predicted molar refractivity (Wildman–Crippen MR) is 77.1 cm³/mol. The average molecular weight is 274 g/mol. The molecule has 0 saturated carbocycles. The molecule has 0 heterocycles. The van der Waals surface area contributed by atoms with Gasteiger partial charge < -0.3 is 0 Å². The lowest BCUT2D eigenvalue weighted by Gasteiger charge is -2.07. The molecule has 2 nitrogen and oxygen atoms in total. The first-order valence-electron chi connectivity index (χ1n) is 6.51. The largest absolute Gasteiger partial charge is 0.219 e. The summed E-state index contributed by atoms with van der Waals surface area (Å²) in [4.78, 5) is 0.750. The second-order valence-electron chi connectivity index (χ2n) is 4.51. The molecule has 2 aromatic carbocycles. The van der Waals surface area contributed by atoms with Crippen LogP contribution in [0.3, 0.4) is 0 Å². The van der Waals surface area contributed by atoms with E-state index in [1.54, 1.807) is 36.4 Å². The minimum Gasteiger partial charge on any atom is -0.219 e. The van der Waals surface area contributed by atoms with E-state index in [1.165, 1.54) is 0 Å². The first-order valence-corrected chi connectivity index (χ1v) is 7.99. The summed E-state index contributed by atoms with van der Waals surface area (Å²) in [6.45, 7) is 4.03. The van der Waals surface area contributed by atoms with Gasteiger partial charge >= 0.3 is 0 Å². The lowest BCUT2D eigenvalue weighted by molar-refractivity contribution is 0.596. The fourth-order valence-corrected chi connectivity index (χ4v) is 3.40. The first-order chi connectivity index (χ1) is 9.07. The van der Waals surface area contributed by atoms with Crippen LogP contribution in [0, 0.1) is 0 Å². The van der Waals surface area contributed by atoms with Crippen molar-refractivity contribution >= 4 is 9.84 Å². The summed E-state index contributed by atoms with van der Waals surface area (Å²) in [6.07, 6.45) is 1.66. The summed E-state index contributed by atoms with van der Waals surface area (Å²) in [7, 11) is -3.40. The molecule has 0 atom stereocenters. The van der Waals surface area contributed by atoms with Gasteiger partial charge in [-0.15, -0.1) is 0 Å². The molecule has 0 spiro atoms. The minimum absolute atomic E-state index is 0.375. The number of rotatable bonds is 4. The molecule has 0 radical (unpaired) electrons. The van der Waals surface area contributed by atoms with Crippen LogP contribution in [0.4, 0.5) is 0 Å². The molecular weight excluding hydrogens is 256 g/mol. The number of sulfone groups is 1. The van der Waals surface area contributed by atoms with Crippen molar-refractivity contribution in [1.29, 1.82) is 0 Å². The van der Waals surface area contributed by atoms with Gasteiger partial charge in [0, 0.05) is 0 Å². The van der Waals surface area contributed by atoms with Crippen LogP contribution < -0.4 is 0 Å². The third-order valence-corrected chi connectivity index (χ3v) is 4.98. The summed E-state index contributed by atoms with van der Waals surface area (Å²) in [5, 5.41) is 0. The van der Waals surface area contributed by atoms with Gasteiger partial charge in [-0.25, -0.2) is 8.42 Å². The van der Waals surface area contributed by atoms with Crippen LogP contribution in [0.1, 0.15) is 25.0 Å². The molecule has 2 rings (SSSR count). The zero-order chi connectivity index (χ0) is 13.9. The molecule has 0 aliphatic heterocycles. The van der Waals surface area contributed by atoms with Crippen molar-refractivity contribution in [2.24, 2.45) is 0 Å². The van der Waals surface area contributed by atoms with Gasteiger partial charge in [0.15, 0.2) is 0 Å². The highest BCUT2D eigenvalue weighted by Gasteiger charge is 2.17. The molecule has 0 amide bonds. The lowest BCUT2D eigenvalue weighted by atomic mass is 10.2. The zero-order valence-corrected chi connectivity index (χ0v) is 12.1. The second kappa shape index (κ2) is 5.57. The summed E-state index contributed by atoms with van der Waals surface area (Å²) >= 11 is 0. The van der Waals surface area contributed by atoms with Crippen molar-refractivity contribution < 1.29 is 8.42 Å². The maximum atomic E-state index is 12.6. The highest BCUT2D eigenvalue weighted by Crippen LogP contribution is 2.22. The van der Waals surface area contributed by atoms with Gasteiger partial charge in [-0.2, -0.15) is 0 Å². The van der Waals surface area contributed by atoms with Crippen molar-refractivity contribution in [3.63, 3.8) is 0 Å². The number of hydrogen-bond donors (Lipinski definition) is 0. The van der Waals surface area contributed by atoms with Gasteiger partial charge in [-0.1, -0.05) is 38.1 Å². The molecule has 3 heteroatoms. The Balaban J connectivity index is 2.51. The fraction of sp³-hybridized carbons (Fsp3) is 0.250. The molecule has 0 saturated heterocycles. The molecule has 0 unspecified atom stereocenters. The molecule has 2 aromatic rings. The summed E-state index contributed by atoms with van der Waals surface area (Å²) < 4.78 is 25.1. The third kappa shape index (κ3) is 2.87. The van der Waals surface area contributed by atoms with E-state index >= 15 is 0 Å². The smallest absolute Gasteiger partial charge is 0.206 e. The maximum absolute atomic E-state index is 12.6. The molecule has 19 heavy (non-hydrogen) atoms. The third-order valence-electron chi connectivity index (χ3n) is 3.23. The Morgan fingerprint density at radius 2 is 1.21 bits per heavy atom. The summed E-state index contributed by atoms with van der Waals surface area (Å²) in [5.74, 6) is 0. The van der Waals surface area contributed by atoms with E-state index in [0.717, 1.165) is 24.0 Å². The van der Waals surface area contributed by atoms with Gasteiger partial charge in [0.1, 0.15) is 0 Å². The maximum Gasteiger partial charge on any atom is 0.206 e. The predicted octanol–water partition coefficient (Wildman–Crippen LogP) is 3.64. The average Bonchev–Trinajstić information content (AvgIpc) is 2.47. The normalized spacial score (nSPS) is 11.5. The summed E-state index contributed by atoms with van der Waals surface area (Å²) in [5.41, 5.74) is 2.07. The van der Waals surface area contributed by atoms with E-state index in [4.69, 9.17) is 0 Å². The molecule has 0 fully saturated rings. The van der Waals surface area contributed by atoms with Gasteiger partial charge in [-0.05, 0) is 48.2 Å². The molecule has 0 aromatic heterocycles. The molecule has 0 aliphatic rings. The SMILES string of the molecule is CCc1cccc(S(=O)(=O)c2cccc(CC)c2)c1. The highest BCUT2D eigenvalue weighted by atomic mass is 32.2. The van der Waals surface area contributed by atoms with Crippen LogP contribution in [-0.2, 0) is 22.7 Å². The van der Waals surface area contributed by atoms with Gasteiger partial charge in [-0.3, -0.25) is 0 Å². The quantitative estimate of drug-likeness (QED) is 0.853. The van der Waals surface area contributed by atoms with Crippen LogP contribution in [0.15, 0.2) is 58.3 Å². The number of aryl methyl sites for hydroxylation is 2. The molecule has 100 valence electrons. The standard InChI is InChI=1S/C16H18O2S/c1-3-13-7-5-9-15(11-13)19(17,18)16-10-6-8-14(4-2)12-16/h5-12H,3-4H2,1-2H3. The Morgan fingerprint density at radius 1 is 0.789 bits per heavy atom. The highest BCUT2D eigenvalue weighted by molar-refractivity contribution is 7.91. The van der Waals surface area contributed by atoms with Crippen molar-refractivity contribution in [1.82, 2.24) is 0 Å². The molecular formula is C16H18O2S. The van der Waals surface area contributed by atoms with Crippen molar-refractivity contribution in [3.05, 3.63) is 59.7 Å². The van der Waals surface area contributed by atoms with E-state index in [9.17, 15) is 8.42 Å². The Kier molecular flexibility index (Phi) is 4.05. The van der Waals surface area contributed by atoms with Crippen molar-refractivity contribution in [2.75, 3.05) is 0 Å². The Labute approximate surface area is 115 Å². The van der Waals surface area contributed by atoms with Crippen molar-refractivity contribution in [2.45, 2.75) is 36.5 Å². The van der Waals surface area contributed by atoms with E-state index in [2.05, 4.69) is 0 Å². The first kappa shape index (κ1) is 13.8. The van der Waals surface area contributed by atoms with E-state index in [-0.39, 0.29) is 0 Å². The molecule has 0 aliphatic carbocycles.